The molecule has 0 aliphatic rings. The van der Waals surface area contributed by atoms with E-state index < -0.39 is 0 Å². The highest BCUT2D eigenvalue weighted by molar-refractivity contribution is 5.94. The van der Waals surface area contributed by atoms with Crippen LogP contribution >= 0.6 is 0 Å². The van der Waals surface area contributed by atoms with Crippen LogP contribution in [0.1, 0.15) is 20.8 Å². The zero-order valence-electron chi connectivity index (χ0n) is 9.45. The number of nitrogens with zero attached hydrogens (tertiary/aromatic N) is 2. The van der Waals surface area contributed by atoms with Crippen LogP contribution in [-0.2, 0) is 4.79 Å². The third-order valence-corrected chi connectivity index (χ3v) is 1.84. The van der Waals surface area contributed by atoms with Crippen LogP contribution in [0.5, 0.6) is 0 Å². The number of hydrogen-bond donors (Lipinski definition) is 1. The maximum absolute atomic E-state index is 11.6. The van der Waals surface area contributed by atoms with E-state index in [4.69, 9.17) is 0 Å². The second kappa shape index (κ2) is 6.70. The third-order valence-electron chi connectivity index (χ3n) is 1.84. The zero-order valence-corrected chi connectivity index (χ0v) is 9.45. The minimum atomic E-state index is -0.300. The third kappa shape index (κ3) is 4.90. The van der Waals surface area contributed by atoms with Gasteiger partial charge in [0, 0.05) is 12.3 Å². The molecule has 82 valence electrons. The fraction of sp³-hybridized carbons (Fsp3) is 0.364. The van der Waals surface area contributed by atoms with Gasteiger partial charge in [0.1, 0.15) is 5.70 Å². The first-order valence-electron chi connectivity index (χ1n) is 4.63. The number of aliphatic imine (C=N–C) groups is 2. The van der Waals surface area contributed by atoms with E-state index in [9.17, 15) is 4.79 Å². The Morgan fingerprint density at radius 1 is 1.53 bits per heavy atom. The van der Waals surface area contributed by atoms with E-state index in [0.717, 1.165) is 5.57 Å². The van der Waals surface area contributed by atoms with Gasteiger partial charge in [-0.25, -0.2) is 0 Å². The molecule has 0 saturated heterocycles. The Balaban J connectivity index is 4.54. The Morgan fingerprint density at radius 2 is 2.13 bits per heavy atom. The molecule has 0 spiro atoms. The summed E-state index contributed by atoms with van der Waals surface area (Å²) in [6.45, 7) is 12.5. The Labute approximate surface area is 90.5 Å². The number of hydrogen-bond acceptors (Lipinski definition) is 3. The van der Waals surface area contributed by atoms with Gasteiger partial charge in [0.05, 0.1) is 6.20 Å². The molecule has 15 heavy (non-hydrogen) atoms. The maximum atomic E-state index is 11.6. The summed E-state index contributed by atoms with van der Waals surface area (Å²) in [5.74, 6) is -0.300. The number of rotatable bonds is 5. The average molecular weight is 207 g/mol. The van der Waals surface area contributed by atoms with Crippen LogP contribution in [0.15, 0.2) is 34.0 Å². The second-order valence-corrected chi connectivity index (χ2v) is 3.12. The fourth-order valence-corrected chi connectivity index (χ4v) is 0.710. The first kappa shape index (κ1) is 13.3. The Bertz CT molecular complexity index is 316. The molecule has 4 nitrogen and oxygen atoms in total. The molecule has 1 N–H and O–H groups in total. The van der Waals surface area contributed by atoms with Gasteiger partial charge in [0.25, 0.3) is 5.91 Å². The molecular formula is C11H17N3O. The van der Waals surface area contributed by atoms with Crippen molar-refractivity contribution in [2.24, 2.45) is 9.98 Å². The van der Waals surface area contributed by atoms with Gasteiger partial charge in [-0.3, -0.25) is 14.8 Å². The highest BCUT2D eigenvalue weighted by atomic mass is 16.2. The summed E-state index contributed by atoms with van der Waals surface area (Å²) in [6.07, 6.45) is 2.94. The van der Waals surface area contributed by atoms with Gasteiger partial charge >= 0.3 is 0 Å². The molecular weight excluding hydrogens is 190 g/mol. The number of carbonyl (C=O) groups is 1. The lowest BCUT2D eigenvalue weighted by Gasteiger charge is -2.12. The molecule has 0 saturated carbocycles. The molecule has 0 aromatic heterocycles. The van der Waals surface area contributed by atoms with Gasteiger partial charge in [-0.1, -0.05) is 12.2 Å². The maximum Gasteiger partial charge on any atom is 0.271 e. The van der Waals surface area contributed by atoms with Crippen molar-refractivity contribution in [2.75, 3.05) is 0 Å². The number of nitrogens with one attached hydrogen (secondary N) is 1. The van der Waals surface area contributed by atoms with Crippen LogP contribution in [0.25, 0.3) is 0 Å². The molecule has 0 aliphatic carbocycles. The van der Waals surface area contributed by atoms with E-state index in [-0.39, 0.29) is 17.6 Å². The molecule has 4 heteroatoms. The quantitative estimate of drug-likeness (QED) is 0.416. The normalized spacial score (nSPS) is 13.7. The molecule has 0 bridgehead atoms. The number of carbonyl (C=O) groups excluding carboxylic acids is 1. The lowest BCUT2D eigenvalue weighted by molar-refractivity contribution is -0.117. The number of amides is 1. The lowest BCUT2D eigenvalue weighted by Crippen LogP contribution is -2.33. The largest absolute Gasteiger partial charge is 0.344 e. The SMILES string of the molecule is C=N/C(=C\N=CC)C(=O)N[C@H](C)C(=C)C. The monoisotopic (exact) mass is 207 g/mol. The molecule has 0 aromatic carbocycles. The van der Waals surface area contributed by atoms with E-state index >= 15 is 0 Å². The average Bonchev–Trinajstić information content (AvgIpc) is 2.18. The Morgan fingerprint density at radius 3 is 2.53 bits per heavy atom. The van der Waals surface area contributed by atoms with Crippen molar-refractivity contribution in [3.63, 3.8) is 0 Å². The molecule has 0 aromatic rings. The van der Waals surface area contributed by atoms with E-state index in [0.29, 0.717) is 0 Å². The van der Waals surface area contributed by atoms with Crippen molar-refractivity contribution in [1.82, 2.24) is 5.32 Å². The highest BCUT2D eigenvalue weighted by Gasteiger charge is 2.10. The van der Waals surface area contributed by atoms with Gasteiger partial charge in [-0.15, -0.1) is 0 Å². The summed E-state index contributed by atoms with van der Waals surface area (Å²) in [7, 11) is 0. The van der Waals surface area contributed by atoms with Gasteiger partial charge in [0.2, 0.25) is 0 Å². The van der Waals surface area contributed by atoms with Crippen LogP contribution in [-0.4, -0.2) is 24.9 Å². The summed E-state index contributed by atoms with van der Waals surface area (Å²) >= 11 is 0. The van der Waals surface area contributed by atoms with Crippen LogP contribution in [0, 0.1) is 0 Å². The summed E-state index contributed by atoms with van der Waals surface area (Å²) in [5.41, 5.74) is 1.08. The topological polar surface area (TPSA) is 53.8 Å². The molecule has 0 unspecified atom stereocenters. The summed E-state index contributed by atoms with van der Waals surface area (Å²) in [6, 6.07) is -0.0896. The second-order valence-electron chi connectivity index (χ2n) is 3.12. The van der Waals surface area contributed by atoms with Crippen LogP contribution in [0.2, 0.25) is 0 Å². The van der Waals surface area contributed by atoms with Gasteiger partial charge in [-0.2, -0.15) is 0 Å². The standard InChI is InChI=1S/C11H17N3O/c1-6-13-7-10(12-5)11(15)14-9(4)8(2)3/h6-7,9H,2,5H2,1,3-4H3,(H,14,15)/b10-7-,13-6?/t9-/m1/s1. The zero-order chi connectivity index (χ0) is 11.8. The van der Waals surface area contributed by atoms with Crippen LogP contribution < -0.4 is 5.32 Å². The molecule has 0 heterocycles. The Hall–Kier alpha value is -1.71. The molecule has 0 radical (unpaired) electrons. The molecule has 0 fully saturated rings. The molecule has 0 aliphatic heterocycles. The first-order chi connectivity index (χ1) is 7.02. The van der Waals surface area contributed by atoms with Crippen molar-refractivity contribution in [1.29, 1.82) is 0 Å². The highest BCUT2D eigenvalue weighted by Crippen LogP contribution is 2.01. The van der Waals surface area contributed by atoms with Crippen molar-refractivity contribution in [2.45, 2.75) is 26.8 Å². The minimum Gasteiger partial charge on any atom is -0.344 e. The first-order valence-corrected chi connectivity index (χ1v) is 4.63. The van der Waals surface area contributed by atoms with E-state index in [1.807, 2.05) is 13.8 Å². The predicted molar refractivity (Wildman–Crippen MR) is 64.2 cm³/mol. The summed E-state index contributed by atoms with van der Waals surface area (Å²) in [4.78, 5) is 19.0. The summed E-state index contributed by atoms with van der Waals surface area (Å²) in [5, 5.41) is 2.72. The van der Waals surface area contributed by atoms with E-state index in [1.165, 1.54) is 6.20 Å². The van der Waals surface area contributed by atoms with Crippen LogP contribution in [0.3, 0.4) is 0 Å². The molecule has 1 atom stereocenters. The van der Waals surface area contributed by atoms with E-state index in [2.05, 4.69) is 28.6 Å². The molecule has 0 rings (SSSR count). The van der Waals surface area contributed by atoms with Crippen molar-refractivity contribution in [3.05, 3.63) is 24.0 Å². The van der Waals surface area contributed by atoms with Crippen molar-refractivity contribution in [3.8, 4) is 0 Å². The molecule has 1 amide bonds. The minimum absolute atomic E-state index is 0.0896. The van der Waals surface area contributed by atoms with Crippen LogP contribution in [0.4, 0.5) is 0 Å². The van der Waals surface area contributed by atoms with Gasteiger partial charge in [-0.05, 0) is 27.5 Å². The van der Waals surface area contributed by atoms with Gasteiger partial charge in [0.15, 0.2) is 0 Å². The smallest absolute Gasteiger partial charge is 0.271 e. The Kier molecular flexibility index (Phi) is 5.94. The lowest BCUT2D eigenvalue weighted by atomic mass is 10.2. The fourth-order valence-electron chi connectivity index (χ4n) is 0.710. The summed E-state index contributed by atoms with van der Waals surface area (Å²) < 4.78 is 0. The van der Waals surface area contributed by atoms with E-state index in [1.54, 1.807) is 13.1 Å². The van der Waals surface area contributed by atoms with Crippen molar-refractivity contribution < 1.29 is 4.79 Å². The van der Waals surface area contributed by atoms with Gasteiger partial charge < -0.3 is 5.32 Å². The predicted octanol–water partition coefficient (Wildman–Crippen LogP) is 1.70. The van der Waals surface area contributed by atoms with Crippen molar-refractivity contribution >= 4 is 18.8 Å².